The van der Waals surface area contributed by atoms with Crippen molar-refractivity contribution >= 4 is 22.5 Å². The molecular weight excluding hydrogens is 385 g/mol. The summed E-state index contributed by atoms with van der Waals surface area (Å²) in [6.45, 7) is 0.381. The molecule has 0 radical (unpaired) electrons. The Labute approximate surface area is 170 Å². The van der Waals surface area contributed by atoms with Crippen molar-refractivity contribution in [2.24, 2.45) is 0 Å². The van der Waals surface area contributed by atoms with E-state index in [1.807, 2.05) is 6.07 Å². The molecule has 1 atom stereocenters. The van der Waals surface area contributed by atoms with Gasteiger partial charge in [0.15, 0.2) is 17.4 Å². The molecule has 2 aromatic carbocycles. The van der Waals surface area contributed by atoms with Gasteiger partial charge in [-0.25, -0.2) is 14.4 Å². The lowest BCUT2D eigenvalue weighted by Crippen LogP contribution is -2.22. The van der Waals surface area contributed by atoms with E-state index in [9.17, 15) is 9.65 Å². The minimum absolute atomic E-state index is 0.209. The number of rotatable bonds is 3. The van der Waals surface area contributed by atoms with Crippen LogP contribution in [0.2, 0.25) is 0 Å². The van der Waals surface area contributed by atoms with Crippen molar-refractivity contribution in [1.82, 2.24) is 19.5 Å². The van der Waals surface area contributed by atoms with Crippen molar-refractivity contribution < 1.29 is 9.13 Å². The molecule has 0 amide bonds. The Morgan fingerprint density at radius 1 is 1.27 bits per heavy atom. The lowest BCUT2D eigenvalue weighted by atomic mass is 10.0. The highest BCUT2D eigenvalue weighted by atomic mass is 19.1. The zero-order valence-corrected chi connectivity index (χ0v) is 15.7. The molecule has 148 valence electrons. The Morgan fingerprint density at radius 3 is 3.03 bits per heavy atom. The second-order valence-corrected chi connectivity index (χ2v) is 6.90. The first-order valence-electron chi connectivity index (χ1n) is 9.32. The zero-order chi connectivity index (χ0) is 20.7. The van der Waals surface area contributed by atoms with E-state index in [1.54, 1.807) is 35.2 Å². The molecule has 5 rings (SSSR count). The number of nitrogens with two attached hydrogens (primary N) is 1. The molecule has 0 saturated heterocycles. The molecule has 8 nitrogen and oxygen atoms in total. The number of imidazole rings is 1. The van der Waals surface area contributed by atoms with Gasteiger partial charge in [0.05, 0.1) is 47.2 Å². The third-order valence-corrected chi connectivity index (χ3v) is 5.03. The molecule has 30 heavy (non-hydrogen) atoms. The number of aromatic nitrogens is 4. The Bertz CT molecular complexity index is 1310. The molecule has 4 aromatic rings. The number of hydrogen-bond acceptors (Lipinski definition) is 7. The second kappa shape index (κ2) is 7.00. The zero-order valence-electron chi connectivity index (χ0n) is 15.7. The number of nitrogens with one attached hydrogen (secondary N) is 1. The van der Waals surface area contributed by atoms with Gasteiger partial charge in [0.2, 0.25) is 5.95 Å². The van der Waals surface area contributed by atoms with Gasteiger partial charge in [0.1, 0.15) is 6.33 Å². The summed E-state index contributed by atoms with van der Waals surface area (Å²) in [6, 6.07) is 12.0. The van der Waals surface area contributed by atoms with Crippen LogP contribution in [-0.4, -0.2) is 26.1 Å². The van der Waals surface area contributed by atoms with E-state index >= 15 is 0 Å². The summed E-state index contributed by atoms with van der Waals surface area (Å²) in [5.74, 6) is 0.642. The highest BCUT2D eigenvalue weighted by molar-refractivity contribution is 5.78. The van der Waals surface area contributed by atoms with E-state index in [1.165, 1.54) is 12.3 Å². The van der Waals surface area contributed by atoms with Crippen LogP contribution in [0, 0.1) is 17.1 Å². The summed E-state index contributed by atoms with van der Waals surface area (Å²) >= 11 is 0. The number of hydrogen-bond donors (Lipinski definition) is 2. The number of ether oxygens (including phenoxy) is 1. The van der Waals surface area contributed by atoms with Gasteiger partial charge in [0, 0.05) is 12.0 Å². The topological polar surface area (TPSA) is 115 Å². The Hall–Kier alpha value is -4.19. The van der Waals surface area contributed by atoms with Crippen LogP contribution in [0.1, 0.15) is 23.6 Å². The fourth-order valence-corrected chi connectivity index (χ4v) is 3.55. The molecular formula is C21H16FN7O. The molecule has 0 saturated carbocycles. The van der Waals surface area contributed by atoms with Crippen LogP contribution in [0.5, 0.6) is 5.75 Å². The Balaban J connectivity index is 1.53. The largest absolute Gasteiger partial charge is 0.490 e. The SMILES string of the molecule is N#Cc1ccc2ncn(-c3ncc(N)c(N[C@@H]4CCOc5c(F)cccc54)n3)c2c1. The van der Waals surface area contributed by atoms with Crippen molar-refractivity contribution in [2.75, 3.05) is 17.7 Å². The molecule has 1 aliphatic heterocycles. The lowest BCUT2D eigenvalue weighted by Gasteiger charge is -2.27. The average Bonchev–Trinajstić information content (AvgIpc) is 3.19. The van der Waals surface area contributed by atoms with Crippen LogP contribution in [0.15, 0.2) is 48.9 Å². The number of benzene rings is 2. The fraction of sp³-hybridized carbons (Fsp3) is 0.143. The van der Waals surface area contributed by atoms with E-state index in [0.717, 1.165) is 5.52 Å². The van der Waals surface area contributed by atoms with Crippen molar-refractivity contribution in [3.63, 3.8) is 0 Å². The first-order chi connectivity index (χ1) is 14.6. The minimum atomic E-state index is -0.395. The van der Waals surface area contributed by atoms with Crippen molar-refractivity contribution in [2.45, 2.75) is 12.5 Å². The summed E-state index contributed by atoms with van der Waals surface area (Å²) in [4.78, 5) is 13.2. The van der Waals surface area contributed by atoms with Gasteiger partial charge < -0.3 is 15.8 Å². The average molecular weight is 401 g/mol. The smallest absolute Gasteiger partial charge is 0.237 e. The van der Waals surface area contributed by atoms with E-state index in [-0.39, 0.29) is 11.8 Å². The molecule has 0 spiro atoms. The van der Waals surface area contributed by atoms with E-state index < -0.39 is 5.82 Å². The number of nitriles is 1. The monoisotopic (exact) mass is 401 g/mol. The number of nitrogen functional groups attached to an aromatic ring is 1. The lowest BCUT2D eigenvalue weighted by molar-refractivity contribution is 0.260. The van der Waals surface area contributed by atoms with Gasteiger partial charge in [-0.15, -0.1) is 0 Å². The molecule has 3 heterocycles. The molecule has 0 unspecified atom stereocenters. The number of anilines is 2. The predicted octanol–water partition coefficient (Wildman–Crippen LogP) is 3.34. The van der Waals surface area contributed by atoms with Gasteiger partial charge in [0.25, 0.3) is 0 Å². The van der Waals surface area contributed by atoms with Crippen LogP contribution in [0.25, 0.3) is 17.0 Å². The molecule has 1 aliphatic rings. The summed E-state index contributed by atoms with van der Waals surface area (Å²) in [6.07, 6.45) is 3.74. The van der Waals surface area contributed by atoms with Crippen LogP contribution < -0.4 is 15.8 Å². The first-order valence-corrected chi connectivity index (χ1v) is 9.32. The van der Waals surface area contributed by atoms with E-state index in [2.05, 4.69) is 26.3 Å². The third kappa shape index (κ3) is 2.95. The van der Waals surface area contributed by atoms with E-state index in [0.29, 0.717) is 47.1 Å². The van der Waals surface area contributed by atoms with Gasteiger partial charge in [-0.3, -0.25) is 4.57 Å². The standard InChI is InChI=1S/C21H16FN7O/c22-14-3-1-2-13-16(6-7-30-19(13)14)27-20-15(24)10-25-21(28-20)29-11-26-17-5-4-12(9-23)8-18(17)29/h1-5,8,10-11,16H,6-7,24H2,(H,25,27,28)/t16-/m1/s1. The summed E-state index contributed by atoms with van der Waals surface area (Å²) in [5, 5.41) is 12.5. The molecule has 0 aliphatic carbocycles. The first kappa shape index (κ1) is 17.9. The summed E-state index contributed by atoms with van der Waals surface area (Å²) in [7, 11) is 0. The van der Waals surface area contributed by atoms with Crippen molar-refractivity contribution in [3.05, 3.63) is 65.9 Å². The highest BCUT2D eigenvalue weighted by Gasteiger charge is 2.25. The summed E-state index contributed by atoms with van der Waals surface area (Å²) in [5.41, 5.74) is 9.13. The third-order valence-electron chi connectivity index (χ3n) is 5.03. The molecule has 0 fully saturated rings. The molecule has 0 bridgehead atoms. The number of para-hydroxylation sites is 1. The Kier molecular flexibility index (Phi) is 4.17. The van der Waals surface area contributed by atoms with Gasteiger partial charge in [-0.2, -0.15) is 10.2 Å². The fourth-order valence-electron chi connectivity index (χ4n) is 3.55. The second-order valence-electron chi connectivity index (χ2n) is 6.90. The van der Waals surface area contributed by atoms with Crippen molar-refractivity contribution in [1.29, 1.82) is 5.26 Å². The minimum Gasteiger partial charge on any atom is -0.490 e. The van der Waals surface area contributed by atoms with Gasteiger partial charge in [-0.05, 0) is 24.3 Å². The van der Waals surface area contributed by atoms with Crippen LogP contribution in [0.4, 0.5) is 15.9 Å². The highest BCUT2D eigenvalue weighted by Crippen LogP contribution is 2.36. The van der Waals surface area contributed by atoms with Gasteiger partial charge in [-0.1, -0.05) is 12.1 Å². The number of halogens is 1. The number of fused-ring (bicyclic) bond motifs is 2. The molecule has 3 N–H and O–H groups in total. The van der Waals surface area contributed by atoms with Crippen LogP contribution >= 0.6 is 0 Å². The summed E-state index contributed by atoms with van der Waals surface area (Å²) < 4.78 is 21.3. The van der Waals surface area contributed by atoms with E-state index in [4.69, 9.17) is 10.5 Å². The quantitative estimate of drug-likeness (QED) is 0.541. The maximum atomic E-state index is 14.1. The van der Waals surface area contributed by atoms with Gasteiger partial charge >= 0.3 is 0 Å². The maximum Gasteiger partial charge on any atom is 0.237 e. The predicted molar refractivity (Wildman–Crippen MR) is 109 cm³/mol. The Morgan fingerprint density at radius 2 is 2.17 bits per heavy atom. The number of nitrogens with zero attached hydrogens (tertiary/aromatic N) is 5. The van der Waals surface area contributed by atoms with Crippen LogP contribution in [0.3, 0.4) is 0 Å². The molecule has 2 aromatic heterocycles. The van der Waals surface area contributed by atoms with Crippen molar-refractivity contribution in [3.8, 4) is 17.8 Å². The normalized spacial score (nSPS) is 15.3. The maximum absolute atomic E-state index is 14.1. The van der Waals surface area contributed by atoms with Crippen LogP contribution in [-0.2, 0) is 0 Å². The molecule has 9 heteroatoms.